The molecule has 0 saturated heterocycles. The Kier molecular flexibility index (Phi) is 7.16. The molecule has 0 N–H and O–H groups in total. The van der Waals surface area contributed by atoms with Crippen molar-refractivity contribution in [3.8, 4) is 45.5 Å². The van der Waals surface area contributed by atoms with E-state index in [9.17, 15) is 0 Å². The van der Waals surface area contributed by atoms with E-state index in [1.807, 2.05) is 0 Å². The van der Waals surface area contributed by atoms with E-state index in [0.717, 1.165) is 60.9 Å². The molecular formula is C53H33N5. The van der Waals surface area contributed by atoms with E-state index in [4.69, 9.17) is 15.0 Å². The standard InChI is InChI=1S/C53H33N5/c1-2-18-40(19-3-1)57-46-23-11-8-20-41(46)44-32-39(28-29-49(44)57)52-54-51(38-27-26-34-14-4-5-15-35(34)30-38)55-53(56-52)43-22-10-13-25-48(43)58-47-24-12-9-21-42(47)45-31-36-16-6-7-17-37(36)33-50(45)58/h1-33H. The van der Waals surface area contributed by atoms with E-state index < -0.39 is 0 Å². The summed E-state index contributed by atoms with van der Waals surface area (Å²) < 4.78 is 4.70. The predicted octanol–water partition coefficient (Wildman–Crippen LogP) is 13.4. The lowest BCUT2D eigenvalue weighted by Crippen LogP contribution is -2.03. The van der Waals surface area contributed by atoms with Crippen LogP contribution in [0.2, 0.25) is 0 Å². The lowest BCUT2D eigenvalue weighted by atomic mass is 10.1. The number of hydrogen-bond acceptors (Lipinski definition) is 3. The number of benzene rings is 9. The van der Waals surface area contributed by atoms with Gasteiger partial charge in [-0.25, -0.2) is 15.0 Å². The van der Waals surface area contributed by atoms with E-state index >= 15 is 0 Å². The Bertz CT molecular complexity index is 3580. The normalized spacial score (nSPS) is 11.8. The van der Waals surface area contributed by atoms with Gasteiger partial charge in [0.2, 0.25) is 0 Å². The van der Waals surface area contributed by atoms with Crippen LogP contribution in [0.25, 0.3) is 111 Å². The molecule has 5 heteroatoms. The predicted molar refractivity (Wildman–Crippen MR) is 240 cm³/mol. The van der Waals surface area contributed by atoms with Gasteiger partial charge in [0, 0.05) is 43.9 Å². The van der Waals surface area contributed by atoms with Crippen LogP contribution in [-0.2, 0) is 0 Å². The number of aromatic nitrogens is 5. The highest BCUT2D eigenvalue weighted by Crippen LogP contribution is 2.39. The highest BCUT2D eigenvalue weighted by molar-refractivity contribution is 6.14. The average molecular weight is 740 g/mol. The fourth-order valence-corrected chi connectivity index (χ4v) is 8.82. The summed E-state index contributed by atoms with van der Waals surface area (Å²) in [6.07, 6.45) is 0. The fourth-order valence-electron chi connectivity index (χ4n) is 8.82. The maximum atomic E-state index is 5.35. The van der Waals surface area contributed by atoms with Gasteiger partial charge in [-0.1, -0.05) is 127 Å². The van der Waals surface area contributed by atoms with Gasteiger partial charge in [0.25, 0.3) is 0 Å². The Morgan fingerprint density at radius 3 is 1.57 bits per heavy atom. The molecule has 0 aliphatic carbocycles. The van der Waals surface area contributed by atoms with E-state index in [1.165, 1.54) is 32.3 Å². The average Bonchev–Trinajstić information content (AvgIpc) is 3.80. The SMILES string of the molecule is c1ccc(-n2c3ccccc3c3cc(-c4nc(-c5ccc6ccccc6c5)nc(-c5ccccc5-n5c6ccccc6c6cc7ccccc7cc65)n4)ccc32)cc1. The first-order chi connectivity index (χ1) is 28.7. The second-order valence-electron chi connectivity index (χ2n) is 14.9. The minimum atomic E-state index is 0.613. The van der Waals surface area contributed by atoms with Gasteiger partial charge in [-0.05, 0) is 94.3 Å². The summed E-state index contributed by atoms with van der Waals surface area (Å²) in [7, 11) is 0. The molecule has 0 aliphatic rings. The molecule has 0 unspecified atom stereocenters. The summed E-state index contributed by atoms with van der Waals surface area (Å²) >= 11 is 0. The summed E-state index contributed by atoms with van der Waals surface area (Å²) in [5.74, 6) is 1.86. The van der Waals surface area contributed by atoms with Gasteiger partial charge in [0.05, 0.1) is 27.8 Å². The zero-order chi connectivity index (χ0) is 38.2. The lowest BCUT2D eigenvalue weighted by molar-refractivity contribution is 1.07. The molecule has 270 valence electrons. The summed E-state index contributed by atoms with van der Waals surface area (Å²) in [4.78, 5) is 15.9. The summed E-state index contributed by atoms with van der Waals surface area (Å²) in [5.41, 5.74) is 9.46. The molecule has 5 nitrogen and oxygen atoms in total. The van der Waals surface area contributed by atoms with Gasteiger partial charge < -0.3 is 9.13 Å². The van der Waals surface area contributed by atoms with Crippen molar-refractivity contribution in [2.45, 2.75) is 0 Å². The monoisotopic (exact) mass is 739 g/mol. The van der Waals surface area contributed by atoms with Crippen molar-refractivity contribution in [2.24, 2.45) is 0 Å². The zero-order valence-corrected chi connectivity index (χ0v) is 31.3. The minimum Gasteiger partial charge on any atom is -0.309 e. The van der Waals surface area contributed by atoms with Gasteiger partial charge in [-0.15, -0.1) is 0 Å². The van der Waals surface area contributed by atoms with Crippen LogP contribution in [0.4, 0.5) is 0 Å². The van der Waals surface area contributed by atoms with Gasteiger partial charge in [-0.3, -0.25) is 0 Å². The Morgan fingerprint density at radius 1 is 0.293 bits per heavy atom. The fraction of sp³-hybridized carbons (Fsp3) is 0. The second kappa shape index (κ2) is 12.8. The summed E-state index contributed by atoms with van der Waals surface area (Å²) in [5, 5.41) is 9.45. The molecule has 12 rings (SSSR count). The lowest BCUT2D eigenvalue weighted by Gasteiger charge is -2.15. The zero-order valence-electron chi connectivity index (χ0n) is 31.3. The molecular weight excluding hydrogens is 707 g/mol. The molecule has 0 radical (unpaired) electrons. The van der Waals surface area contributed by atoms with Crippen LogP contribution >= 0.6 is 0 Å². The van der Waals surface area contributed by atoms with Gasteiger partial charge in [0.1, 0.15) is 0 Å². The van der Waals surface area contributed by atoms with Crippen LogP contribution in [0.5, 0.6) is 0 Å². The molecule has 0 spiro atoms. The number of para-hydroxylation sites is 4. The molecule has 0 amide bonds. The van der Waals surface area contributed by atoms with Gasteiger partial charge >= 0.3 is 0 Å². The Hall–Kier alpha value is -7.89. The third kappa shape index (κ3) is 5.07. The van der Waals surface area contributed by atoms with Crippen molar-refractivity contribution < 1.29 is 0 Å². The Labute approximate surface area is 333 Å². The second-order valence-corrected chi connectivity index (χ2v) is 14.9. The van der Waals surface area contributed by atoms with E-state index in [-0.39, 0.29) is 0 Å². The molecule has 0 saturated carbocycles. The maximum absolute atomic E-state index is 5.35. The first-order valence-electron chi connectivity index (χ1n) is 19.6. The molecule has 0 aliphatic heterocycles. The smallest absolute Gasteiger partial charge is 0.166 e. The maximum Gasteiger partial charge on any atom is 0.166 e. The highest BCUT2D eigenvalue weighted by atomic mass is 15.1. The highest BCUT2D eigenvalue weighted by Gasteiger charge is 2.21. The van der Waals surface area contributed by atoms with Crippen molar-refractivity contribution in [1.82, 2.24) is 24.1 Å². The number of fused-ring (bicyclic) bond motifs is 8. The molecule has 58 heavy (non-hydrogen) atoms. The Morgan fingerprint density at radius 2 is 0.810 bits per heavy atom. The molecule has 9 aromatic carbocycles. The molecule has 0 bridgehead atoms. The number of hydrogen-bond donors (Lipinski definition) is 0. The van der Waals surface area contributed by atoms with Crippen LogP contribution in [-0.4, -0.2) is 24.1 Å². The molecule has 0 atom stereocenters. The number of rotatable bonds is 5. The first-order valence-corrected chi connectivity index (χ1v) is 19.6. The molecule has 12 aromatic rings. The third-order valence-electron chi connectivity index (χ3n) is 11.5. The molecule has 3 heterocycles. The van der Waals surface area contributed by atoms with Crippen LogP contribution in [0.15, 0.2) is 200 Å². The van der Waals surface area contributed by atoms with Crippen LogP contribution in [0, 0.1) is 0 Å². The molecule has 0 fully saturated rings. The van der Waals surface area contributed by atoms with E-state index in [2.05, 4.69) is 209 Å². The van der Waals surface area contributed by atoms with Crippen molar-refractivity contribution in [3.05, 3.63) is 200 Å². The first kappa shape index (κ1) is 32.4. The quantitative estimate of drug-likeness (QED) is 0.177. The van der Waals surface area contributed by atoms with Crippen molar-refractivity contribution in [1.29, 1.82) is 0 Å². The largest absolute Gasteiger partial charge is 0.309 e. The minimum absolute atomic E-state index is 0.613. The van der Waals surface area contributed by atoms with Gasteiger partial charge in [0.15, 0.2) is 17.5 Å². The van der Waals surface area contributed by atoms with Crippen molar-refractivity contribution in [3.63, 3.8) is 0 Å². The third-order valence-corrected chi connectivity index (χ3v) is 11.5. The summed E-state index contributed by atoms with van der Waals surface area (Å²) in [6, 6.07) is 71.0. The number of nitrogens with zero attached hydrogens (tertiary/aromatic N) is 5. The van der Waals surface area contributed by atoms with E-state index in [0.29, 0.717) is 17.5 Å². The van der Waals surface area contributed by atoms with Crippen molar-refractivity contribution >= 4 is 65.2 Å². The van der Waals surface area contributed by atoms with Crippen LogP contribution < -0.4 is 0 Å². The Balaban J connectivity index is 1.11. The molecule has 3 aromatic heterocycles. The topological polar surface area (TPSA) is 48.5 Å². The van der Waals surface area contributed by atoms with Crippen molar-refractivity contribution in [2.75, 3.05) is 0 Å². The van der Waals surface area contributed by atoms with E-state index in [1.54, 1.807) is 0 Å². The van der Waals surface area contributed by atoms with Crippen LogP contribution in [0.3, 0.4) is 0 Å². The summed E-state index contributed by atoms with van der Waals surface area (Å²) in [6.45, 7) is 0. The van der Waals surface area contributed by atoms with Gasteiger partial charge in [-0.2, -0.15) is 0 Å². The van der Waals surface area contributed by atoms with Crippen LogP contribution in [0.1, 0.15) is 0 Å².